The summed E-state index contributed by atoms with van der Waals surface area (Å²) in [5.74, 6) is 0. The predicted molar refractivity (Wildman–Crippen MR) is 70.6 cm³/mol. The summed E-state index contributed by atoms with van der Waals surface area (Å²) in [5, 5.41) is 6.90. The van der Waals surface area contributed by atoms with Gasteiger partial charge < -0.3 is 10.6 Å². The topological polar surface area (TPSA) is 24.1 Å². The molecule has 0 unspecified atom stereocenters. The minimum Gasteiger partial charge on any atom is -0.385 e. The van der Waals surface area contributed by atoms with Crippen LogP contribution < -0.4 is 10.6 Å². The summed E-state index contributed by atoms with van der Waals surface area (Å²) in [6.07, 6.45) is 4.61. The minimum absolute atomic E-state index is 0.968. The molecule has 0 amide bonds. The zero-order valence-corrected chi connectivity index (χ0v) is 10.1. The van der Waals surface area contributed by atoms with Crippen LogP contribution in [0.3, 0.4) is 0 Å². The van der Waals surface area contributed by atoms with Crippen molar-refractivity contribution in [3.05, 3.63) is 35.4 Å². The van der Waals surface area contributed by atoms with E-state index in [0.717, 1.165) is 25.9 Å². The molecule has 0 saturated heterocycles. The fourth-order valence-corrected chi connectivity index (χ4v) is 2.29. The summed E-state index contributed by atoms with van der Waals surface area (Å²) >= 11 is 0. The second kappa shape index (κ2) is 5.06. The maximum absolute atomic E-state index is 3.46. The smallest absolute Gasteiger partial charge is 0.0437 e. The summed E-state index contributed by atoms with van der Waals surface area (Å²) in [5.41, 5.74) is 5.38. The van der Waals surface area contributed by atoms with E-state index in [1.165, 1.54) is 22.5 Å². The van der Waals surface area contributed by atoms with Crippen LogP contribution in [0, 0.1) is 0 Å². The van der Waals surface area contributed by atoms with Crippen LogP contribution in [0.4, 0.5) is 5.69 Å². The summed E-state index contributed by atoms with van der Waals surface area (Å²) in [6, 6.07) is 6.55. The number of anilines is 1. The van der Waals surface area contributed by atoms with E-state index in [1.807, 2.05) is 0 Å². The highest BCUT2D eigenvalue weighted by Gasteiger charge is 2.15. The first kappa shape index (κ1) is 11.1. The van der Waals surface area contributed by atoms with Crippen molar-refractivity contribution < 1.29 is 0 Å². The van der Waals surface area contributed by atoms with Crippen LogP contribution in [-0.2, 0) is 6.42 Å². The molecule has 1 aliphatic carbocycles. The molecule has 2 rings (SSSR count). The highest BCUT2D eigenvalue weighted by atomic mass is 14.9. The third-order valence-corrected chi connectivity index (χ3v) is 2.92. The first-order valence-corrected chi connectivity index (χ1v) is 6.17. The van der Waals surface area contributed by atoms with Crippen LogP contribution in [0.25, 0.3) is 5.70 Å². The van der Waals surface area contributed by atoms with E-state index in [9.17, 15) is 0 Å². The van der Waals surface area contributed by atoms with Gasteiger partial charge in [0.15, 0.2) is 0 Å². The van der Waals surface area contributed by atoms with Crippen molar-refractivity contribution in [2.45, 2.75) is 26.7 Å². The van der Waals surface area contributed by atoms with Crippen LogP contribution in [-0.4, -0.2) is 13.1 Å². The van der Waals surface area contributed by atoms with E-state index in [1.54, 1.807) is 0 Å². The molecule has 16 heavy (non-hydrogen) atoms. The average molecular weight is 216 g/mol. The lowest BCUT2D eigenvalue weighted by Gasteiger charge is -2.22. The molecule has 1 aromatic rings. The van der Waals surface area contributed by atoms with E-state index in [0.29, 0.717) is 0 Å². The largest absolute Gasteiger partial charge is 0.385 e. The number of allylic oxidation sites excluding steroid dienone is 1. The molecule has 2 N–H and O–H groups in total. The van der Waals surface area contributed by atoms with Gasteiger partial charge in [-0.05, 0) is 38.3 Å². The summed E-state index contributed by atoms with van der Waals surface area (Å²) < 4.78 is 0. The van der Waals surface area contributed by atoms with Gasteiger partial charge in [0.2, 0.25) is 0 Å². The van der Waals surface area contributed by atoms with Crippen molar-refractivity contribution >= 4 is 11.4 Å². The number of hydrogen-bond donors (Lipinski definition) is 2. The average Bonchev–Trinajstić information content (AvgIpc) is 2.30. The Hall–Kier alpha value is -1.44. The molecule has 0 atom stereocenters. The van der Waals surface area contributed by atoms with E-state index >= 15 is 0 Å². The van der Waals surface area contributed by atoms with E-state index in [-0.39, 0.29) is 0 Å². The molecule has 0 radical (unpaired) electrons. The number of fused-ring (bicyclic) bond motifs is 1. The molecule has 2 heteroatoms. The minimum atomic E-state index is 0.968. The van der Waals surface area contributed by atoms with Gasteiger partial charge in [-0.1, -0.05) is 18.2 Å². The van der Waals surface area contributed by atoms with Crippen molar-refractivity contribution in [2.75, 3.05) is 18.4 Å². The van der Waals surface area contributed by atoms with Gasteiger partial charge in [-0.2, -0.15) is 0 Å². The lowest BCUT2D eigenvalue weighted by molar-refractivity contribution is 0.893. The van der Waals surface area contributed by atoms with Gasteiger partial charge in [0.05, 0.1) is 0 Å². The maximum atomic E-state index is 3.46. The normalized spacial score (nSPS) is 14.0. The highest BCUT2D eigenvalue weighted by molar-refractivity contribution is 5.79. The molecule has 2 nitrogen and oxygen atoms in total. The molecule has 0 aromatic heterocycles. The molecule has 0 spiro atoms. The number of hydrogen-bond acceptors (Lipinski definition) is 2. The number of aryl methyl sites for hydroxylation is 1. The molecule has 0 heterocycles. The van der Waals surface area contributed by atoms with Gasteiger partial charge in [-0.3, -0.25) is 0 Å². The van der Waals surface area contributed by atoms with Crippen LogP contribution in [0.2, 0.25) is 0 Å². The third kappa shape index (κ3) is 2.06. The van der Waals surface area contributed by atoms with Crippen molar-refractivity contribution in [3.63, 3.8) is 0 Å². The Morgan fingerprint density at radius 2 is 1.94 bits per heavy atom. The molecule has 0 saturated carbocycles. The van der Waals surface area contributed by atoms with Gasteiger partial charge >= 0.3 is 0 Å². The Balaban J connectivity index is 2.41. The Morgan fingerprint density at radius 1 is 1.12 bits per heavy atom. The zero-order chi connectivity index (χ0) is 11.4. The fourth-order valence-electron chi connectivity index (χ4n) is 2.29. The molecule has 1 aliphatic rings. The Bertz CT molecular complexity index is 394. The Labute approximate surface area is 97.8 Å². The van der Waals surface area contributed by atoms with E-state index < -0.39 is 0 Å². The SMILES string of the molecule is CCNC1=CCCc2cccc(NCC)c21. The van der Waals surface area contributed by atoms with Crippen molar-refractivity contribution in [1.29, 1.82) is 0 Å². The Morgan fingerprint density at radius 3 is 2.69 bits per heavy atom. The lowest BCUT2D eigenvalue weighted by Crippen LogP contribution is -2.17. The predicted octanol–water partition coefficient (Wildman–Crippen LogP) is 3.02. The van der Waals surface area contributed by atoms with Gasteiger partial charge in [0.25, 0.3) is 0 Å². The van der Waals surface area contributed by atoms with Gasteiger partial charge in [0, 0.05) is 30.0 Å². The summed E-state index contributed by atoms with van der Waals surface area (Å²) in [7, 11) is 0. The summed E-state index contributed by atoms with van der Waals surface area (Å²) in [6.45, 7) is 6.23. The number of rotatable bonds is 4. The van der Waals surface area contributed by atoms with Gasteiger partial charge in [0.1, 0.15) is 0 Å². The third-order valence-electron chi connectivity index (χ3n) is 2.92. The molecule has 1 aromatic carbocycles. The number of benzene rings is 1. The molecular weight excluding hydrogens is 196 g/mol. The first-order valence-electron chi connectivity index (χ1n) is 6.17. The lowest BCUT2D eigenvalue weighted by atomic mass is 9.93. The quantitative estimate of drug-likeness (QED) is 0.808. The molecule has 86 valence electrons. The highest BCUT2D eigenvalue weighted by Crippen LogP contribution is 2.31. The Kier molecular flexibility index (Phi) is 3.50. The van der Waals surface area contributed by atoms with E-state index in [4.69, 9.17) is 0 Å². The van der Waals surface area contributed by atoms with Crippen molar-refractivity contribution in [1.82, 2.24) is 5.32 Å². The van der Waals surface area contributed by atoms with Crippen LogP contribution in [0.1, 0.15) is 31.4 Å². The second-order valence-electron chi connectivity index (χ2n) is 4.06. The summed E-state index contributed by atoms with van der Waals surface area (Å²) in [4.78, 5) is 0. The second-order valence-corrected chi connectivity index (χ2v) is 4.06. The van der Waals surface area contributed by atoms with Gasteiger partial charge in [-0.15, -0.1) is 0 Å². The zero-order valence-electron chi connectivity index (χ0n) is 10.1. The van der Waals surface area contributed by atoms with Crippen molar-refractivity contribution in [3.8, 4) is 0 Å². The number of nitrogens with one attached hydrogen (secondary N) is 2. The fraction of sp³-hybridized carbons (Fsp3) is 0.429. The maximum Gasteiger partial charge on any atom is 0.0437 e. The molecule has 0 bridgehead atoms. The standard InChI is InChI=1S/C14H20N2/c1-3-15-12-9-5-7-11-8-6-10-13(14(11)12)16-4-2/h5,7,9-10,15-16H,3-4,6,8H2,1-2H3. The monoisotopic (exact) mass is 216 g/mol. The van der Waals surface area contributed by atoms with Crippen LogP contribution in [0.15, 0.2) is 24.3 Å². The van der Waals surface area contributed by atoms with Crippen molar-refractivity contribution in [2.24, 2.45) is 0 Å². The van der Waals surface area contributed by atoms with E-state index in [2.05, 4.69) is 48.8 Å². The molecule has 0 aliphatic heterocycles. The van der Waals surface area contributed by atoms with Gasteiger partial charge in [-0.25, -0.2) is 0 Å². The molecule has 0 fully saturated rings. The van der Waals surface area contributed by atoms with Crippen LogP contribution in [0.5, 0.6) is 0 Å². The van der Waals surface area contributed by atoms with Crippen LogP contribution >= 0.6 is 0 Å². The first-order chi connectivity index (χ1) is 7.86. The molecular formula is C14H20N2.